The first-order valence-corrected chi connectivity index (χ1v) is 11.6. The van der Waals surface area contributed by atoms with Gasteiger partial charge in [-0.3, -0.25) is 14.4 Å². The number of likely N-dealkylation sites (tertiary alicyclic amines) is 1. The fourth-order valence-corrected chi connectivity index (χ4v) is 4.62. The van der Waals surface area contributed by atoms with E-state index in [9.17, 15) is 23.2 Å². The minimum absolute atomic E-state index is 0.115. The number of ether oxygens (including phenoxy) is 1. The van der Waals surface area contributed by atoms with Gasteiger partial charge in [0.15, 0.2) is 17.3 Å². The van der Waals surface area contributed by atoms with Crippen LogP contribution in [0, 0.1) is 17.6 Å². The van der Waals surface area contributed by atoms with E-state index in [1.807, 2.05) is 0 Å². The lowest BCUT2D eigenvalue weighted by Crippen LogP contribution is -2.45. The smallest absolute Gasteiger partial charge is 0.309 e. The second-order valence-corrected chi connectivity index (χ2v) is 8.71. The van der Waals surface area contributed by atoms with Gasteiger partial charge in [-0.15, -0.1) is 0 Å². The van der Waals surface area contributed by atoms with E-state index in [1.54, 1.807) is 18.9 Å². The molecule has 2 aliphatic rings. The Kier molecular flexibility index (Phi) is 6.95. The molecule has 1 aliphatic heterocycles. The molecule has 0 bridgehead atoms. The molecule has 0 atom stereocenters. The van der Waals surface area contributed by atoms with Crippen LogP contribution in [0.4, 0.5) is 8.78 Å². The molecule has 1 saturated heterocycles. The van der Waals surface area contributed by atoms with Gasteiger partial charge in [-0.1, -0.05) is 0 Å². The molecule has 1 aromatic heterocycles. The van der Waals surface area contributed by atoms with Gasteiger partial charge in [0.2, 0.25) is 5.91 Å². The Morgan fingerprint density at radius 1 is 1.15 bits per heavy atom. The van der Waals surface area contributed by atoms with Crippen LogP contribution in [0.5, 0.6) is 0 Å². The van der Waals surface area contributed by atoms with Crippen molar-refractivity contribution in [1.82, 2.24) is 19.6 Å². The fraction of sp³-hybridized carbons (Fsp3) is 0.500. The monoisotopic (exact) mass is 474 g/mol. The number of esters is 1. The third kappa shape index (κ3) is 4.67. The van der Waals surface area contributed by atoms with Gasteiger partial charge >= 0.3 is 5.97 Å². The lowest BCUT2D eigenvalue weighted by molar-refractivity contribution is -0.151. The second kappa shape index (κ2) is 9.90. The predicted molar refractivity (Wildman–Crippen MR) is 118 cm³/mol. The van der Waals surface area contributed by atoms with Crippen LogP contribution in [0.15, 0.2) is 18.2 Å². The number of fused-ring (bicyclic) bond motifs is 1. The number of aromatic nitrogens is 2. The van der Waals surface area contributed by atoms with E-state index in [4.69, 9.17) is 4.74 Å². The predicted octanol–water partition coefficient (Wildman–Crippen LogP) is 2.51. The number of rotatable bonds is 6. The first-order valence-electron chi connectivity index (χ1n) is 11.6. The number of nitrogens with zero attached hydrogens (tertiary/aromatic N) is 4. The maximum absolute atomic E-state index is 13.8. The summed E-state index contributed by atoms with van der Waals surface area (Å²) in [6, 6.07) is 3.51. The average Bonchev–Trinajstić information content (AvgIpc) is 3.44. The van der Waals surface area contributed by atoms with Crippen LogP contribution in [0.3, 0.4) is 0 Å². The van der Waals surface area contributed by atoms with Crippen molar-refractivity contribution in [1.29, 1.82) is 0 Å². The number of likely N-dealkylation sites (N-methyl/N-ethyl adjacent to an activating group) is 1. The van der Waals surface area contributed by atoms with Crippen molar-refractivity contribution in [3.8, 4) is 5.69 Å². The third-order valence-electron chi connectivity index (χ3n) is 6.47. The number of carbonyl (C=O) groups excluding carboxylic acids is 3. The zero-order valence-electron chi connectivity index (χ0n) is 19.4. The first-order chi connectivity index (χ1) is 16.3. The van der Waals surface area contributed by atoms with Crippen molar-refractivity contribution < 1.29 is 27.9 Å². The van der Waals surface area contributed by atoms with Gasteiger partial charge in [0.25, 0.3) is 5.91 Å². The van der Waals surface area contributed by atoms with E-state index < -0.39 is 17.5 Å². The number of halogens is 2. The van der Waals surface area contributed by atoms with Crippen LogP contribution in [0.2, 0.25) is 0 Å². The van der Waals surface area contributed by atoms with Gasteiger partial charge in [-0.05, 0) is 51.2 Å². The standard InChI is InChI=1S/C24H28F2N4O4/c1-3-34-24(33)15-9-11-29(12-10-15)21(31)14-28(2)23(32)22-17-5-4-6-20(17)30(27-22)16-7-8-18(25)19(26)13-16/h7-8,13,15H,3-6,9-12,14H2,1-2H3. The maximum atomic E-state index is 13.8. The van der Waals surface area contributed by atoms with Crippen molar-refractivity contribution in [3.63, 3.8) is 0 Å². The normalized spacial score (nSPS) is 15.8. The summed E-state index contributed by atoms with van der Waals surface area (Å²) >= 11 is 0. The van der Waals surface area contributed by atoms with E-state index in [1.165, 1.54) is 15.6 Å². The fourth-order valence-electron chi connectivity index (χ4n) is 4.62. The molecule has 10 heteroatoms. The summed E-state index contributed by atoms with van der Waals surface area (Å²) in [5.41, 5.74) is 2.16. The number of benzene rings is 1. The first kappa shape index (κ1) is 23.8. The molecule has 0 saturated carbocycles. The molecule has 1 fully saturated rings. The lowest BCUT2D eigenvalue weighted by Gasteiger charge is -2.32. The molecule has 2 heterocycles. The topological polar surface area (TPSA) is 84.7 Å². The molecule has 34 heavy (non-hydrogen) atoms. The summed E-state index contributed by atoms with van der Waals surface area (Å²) in [5.74, 6) is -2.96. The van der Waals surface area contributed by atoms with Gasteiger partial charge in [-0.2, -0.15) is 5.10 Å². The van der Waals surface area contributed by atoms with E-state index in [2.05, 4.69) is 5.10 Å². The summed E-state index contributed by atoms with van der Waals surface area (Å²) in [6.45, 7) is 2.85. The third-order valence-corrected chi connectivity index (χ3v) is 6.47. The molecule has 0 N–H and O–H groups in total. The Bertz CT molecular complexity index is 1110. The van der Waals surface area contributed by atoms with Crippen molar-refractivity contribution in [2.24, 2.45) is 5.92 Å². The van der Waals surface area contributed by atoms with Crippen LogP contribution in [0.1, 0.15) is 47.9 Å². The molecular formula is C24H28F2N4O4. The molecule has 182 valence electrons. The van der Waals surface area contributed by atoms with Gasteiger partial charge in [-0.25, -0.2) is 13.5 Å². The Morgan fingerprint density at radius 3 is 2.56 bits per heavy atom. The number of carbonyl (C=O) groups is 3. The molecule has 0 spiro atoms. The van der Waals surface area contributed by atoms with Crippen LogP contribution >= 0.6 is 0 Å². The number of amides is 2. The highest BCUT2D eigenvalue weighted by molar-refractivity contribution is 5.96. The van der Waals surface area contributed by atoms with Crippen LogP contribution in [-0.2, 0) is 27.2 Å². The van der Waals surface area contributed by atoms with E-state index in [0.717, 1.165) is 29.8 Å². The van der Waals surface area contributed by atoms with Crippen molar-refractivity contribution >= 4 is 17.8 Å². The molecule has 4 rings (SSSR count). The average molecular weight is 475 g/mol. The van der Waals surface area contributed by atoms with Crippen LogP contribution in [0.25, 0.3) is 5.69 Å². The van der Waals surface area contributed by atoms with E-state index >= 15 is 0 Å². The molecule has 2 aromatic rings. The summed E-state index contributed by atoms with van der Waals surface area (Å²) in [7, 11) is 1.55. The number of piperidine rings is 1. The summed E-state index contributed by atoms with van der Waals surface area (Å²) in [4.78, 5) is 40.9. The maximum Gasteiger partial charge on any atom is 0.309 e. The van der Waals surface area contributed by atoms with E-state index in [-0.39, 0.29) is 30.0 Å². The van der Waals surface area contributed by atoms with Crippen molar-refractivity contribution in [2.75, 3.05) is 33.3 Å². The Hall–Kier alpha value is -3.30. The summed E-state index contributed by atoms with van der Waals surface area (Å²) in [5, 5.41) is 4.42. The summed E-state index contributed by atoms with van der Waals surface area (Å²) in [6.07, 6.45) is 3.23. The number of hydrogen-bond acceptors (Lipinski definition) is 5. The summed E-state index contributed by atoms with van der Waals surface area (Å²) < 4.78 is 33.7. The highest BCUT2D eigenvalue weighted by Crippen LogP contribution is 2.29. The molecule has 0 unspecified atom stereocenters. The van der Waals surface area contributed by atoms with E-state index in [0.29, 0.717) is 51.1 Å². The van der Waals surface area contributed by atoms with Crippen LogP contribution in [-0.4, -0.2) is 70.7 Å². The Balaban J connectivity index is 1.44. The van der Waals surface area contributed by atoms with Gasteiger partial charge in [0, 0.05) is 37.5 Å². The molecule has 8 nitrogen and oxygen atoms in total. The molecule has 0 radical (unpaired) electrons. The molecule has 1 aliphatic carbocycles. The highest BCUT2D eigenvalue weighted by Gasteiger charge is 2.32. The van der Waals surface area contributed by atoms with Gasteiger partial charge < -0.3 is 14.5 Å². The molecular weight excluding hydrogens is 446 g/mol. The SMILES string of the molecule is CCOC(=O)C1CCN(C(=O)CN(C)C(=O)c2nn(-c3ccc(F)c(F)c3)c3c2CCC3)CC1. The minimum atomic E-state index is -0.984. The quantitative estimate of drug-likeness (QED) is 0.601. The second-order valence-electron chi connectivity index (χ2n) is 8.71. The zero-order chi connectivity index (χ0) is 24.4. The largest absolute Gasteiger partial charge is 0.466 e. The minimum Gasteiger partial charge on any atom is -0.466 e. The zero-order valence-corrected chi connectivity index (χ0v) is 19.4. The number of hydrogen-bond donors (Lipinski definition) is 0. The Labute approximate surface area is 196 Å². The van der Waals surface area contributed by atoms with Gasteiger partial charge in [0.1, 0.15) is 0 Å². The van der Waals surface area contributed by atoms with Gasteiger partial charge in [0.05, 0.1) is 24.8 Å². The van der Waals surface area contributed by atoms with Crippen molar-refractivity contribution in [2.45, 2.75) is 39.0 Å². The van der Waals surface area contributed by atoms with Crippen molar-refractivity contribution in [3.05, 3.63) is 46.8 Å². The molecule has 1 aromatic carbocycles. The highest BCUT2D eigenvalue weighted by atomic mass is 19.2. The van der Waals surface area contributed by atoms with Crippen LogP contribution < -0.4 is 0 Å². The lowest BCUT2D eigenvalue weighted by atomic mass is 9.97. The molecule has 2 amide bonds. The Morgan fingerprint density at radius 2 is 1.88 bits per heavy atom.